The molecule has 34 heavy (non-hydrogen) atoms. The first-order valence-electron chi connectivity index (χ1n) is 11.4. The van der Waals surface area contributed by atoms with Gasteiger partial charge < -0.3 is 21.1 Å². The van der Waals surface area contributed by atoms with Crippen LogP contribution in [0.25, 0.3) is 16.8 Å². The minimum atomic E-state index is -0.913. The van der Waals surface area contributed by atoms with Gasteiger partial charge in [0.05, 0.1) is 10.6 Å². The number of hydrogen-bond donors (Lipinski definition) is 4. The lowest BCUT2D eigenvalue weighted by atomic mass is 9.91. The van der Waals surface area contributed by atoms with Gasteiger partial charge in [0.25, 0.3) is 5.91 Å². The summed E-state index contributed by atoms with van der Waals surface area (Å²) in [6.45, 7) is 0.712. The zero-order valence-electron chi connectivity index (χ0n) is 18.5. The topological polar surface area (TPSA) is 99.2 Å². The van der Waals surface area contributed by atoms with E-state index >= 15 is 0 Å². The van der Waals surface area contributed by atoms with Crippen molar-refractivity contribution < 1.29 is 14.3 Å². The van der Waals surface area contributed by atoms with E-state index < -0.39 is 5.56 Å². The van der Waals surface area contributed by atoms with Crippen molar-refractivity contribution in [2.45, 2.75) is 49.9 Å². The number of halogens is 1. The SMILES string of the molecule is O=C1NC(O)S/C1=C\c1ccnc(NC2CCC(NCc3ccc(F)c4ccccc34)CC2)n1. The van der Waals surface area contributed by atoms with Crippen molar-refractivity contribution in [2.75, 3.05) is 5.32 Å². The number of aliphatic hydroxyl groups excluding tert-OH is 1. The first kappa shape index (κ1) is 22.8. The summed E-state index contributed by atoms with van der Waals surface area (Å²) in [5, 5.41) is 20.6. The van der Waals surface area contributed by atoms with E-state index in [2.05, 4.69) is 25.9 Å². The highest BCUT2D eigenvalue weighted by molar-refractivity contribution is 8.05. The first-order valence-corrected chi connectivity index (χ1v) is 12.3. The lowest BCUT2D eigenvalue weighted by Gasteiger charge is -2.30. The number of aliphatic hydroxyl groups is 1. The van der Waals surface area contributed by atoms with E-state index in [0.717, 1.165) is 48.4 Å². The van der Waals surface area contributed by atoms with Gasteiger partial charge in [0.1, 0.15) is 5.82 Å². The molecule has 0 radical (unpaired) electrons. The quantitative estimate of drug-likeness (QED) is 0.400. The molecule has 2 heterocycles. The van der Waals surface area contributed by atoms with E-state index in [1.165, 1.54) is 0 Å². The third kappa shape index (κ3) is 5.22. The van der Waals surface area contributed by atoms with Crippen LogP contribution in [-0.4, -0.2) is 38.6 Å². The van der Waals surface area contributed by atoms with Crippen LogP contribution < -0.4 is 16.0 Å². The number of benzene rings is 2. The summed E-state index contributed by atoms with van der Waals surface area (Å²) >= 11 is 1.06. The molecule has 0 spiro atoms. The van der Waals surface area contributed by atoms with Crippen LogP contribution in [0.1, 0.15) is 36.9 Å². The maximum atomic E-state index is 14.1. The molecule has 1 aromatic heterocycles. The molecule has 7 nitrogen and oxygen atoms in total. The van der Waals surface area contributed by atoms with Gasteiger partial charge in [-0.05, 0) is 54.8 Å². The molecule has 0 bridgehead atoms. The van der Waals surface area contributed by atoms with Gasteiger partial charge in [-0.2, -0.15) is 0 Å². The van der Waals surface area contributed by atoms with E-state index in [0.29, 0.717) is 34.5 Å². The number of carbonyl (C=O) groups excluding carboxylic acids is 1. The normalized spacial score (nSPS) is 23.9. The molecule has 3 aromatic rings. The molecule has 5 rings (SSSR count). The maximum absolute atomic E-state index is 14.1. The summed E-state index contributed by atoms with van der Waals surface area (Å²) in [6, 6.07) is 13.4. The Labute approximate surface area is 201 Å². The minimum Gasteiger partial charge on any atom is -0.364 e. The molecule has 2 fully saturated rings. The highest BCUT2D eigenvalue weighted by Gasteiger charge is 2.25. The predicted octanol–water partition coefficient (Wildman–Crippen LogP) is 3.76. The molecule has 2 aromatic carbocycles. The Bertz CT molecular complexity index is 1230. The van der Waals surface area contributed by atoms with Crippen LogP contribution in [0.15, 0.2) is 53.6 Å². The largest absolute Gasteiger partial charge is 0.364 e. The number of nitrogens with one attached hydrogen (secondary N) is 3. The third-order valence-corrected chi connectivity index (χ3v) is 7.17. The molecule has 1 atom stereocenters. The van der Waals surface area contributed by atoms with Crippen molar-refractivity contribution in [3.05, 3.63) is 70.6 Å². The number of fused-ring (bicyclic) bond motifs is 1. The van der Waals surface area contributed by atoms with Crippen LogP contribution in [-0.2, 0) is 11.3 Å². The summed E-state index contributed by atoms with van der Waals surface area (Å²) in [4.78, 5) is 21.1. The number of nitrogens with zero attached hydrogens (tertiary/aromatic N) is 2. The number of hydrogen-bond acceptors (Lipinski definition) is 7. The molecule has 1 unspecified atom stereocenters. The molecular weight excluding hydrogens is 453 g/mol. The number of anilines is 1. The molecule has 1 saturated heterocycles. The van der Waals surface area contributed by atoms with Gasteiger partial charge in [0.15, 0.2) is 5.56 Å². The number of aromatic nitrogens is 2. The van der Waals surface area contributed by atoms with Crippen LogP contribution >= 0.6 is 11.8 Å². The summed E-state index contributed by atoms with van der Waals surface area (Å²) in [7, 11) is 0. The smallest absolute Gasteiger partial charge is 0.260 e. The molecule has 1 aliphatic heterocycles. The second-order valence-corrected chi connectivity index (χ2v) is 9.71. The number of rotatable bonds is 6. The van der Waals surface area contributed by atoms with Gasteiger partial charge in [0, 0.05) is 30.2 Å². The molecule has 4 N–H and O–H groups in total. The number of amides is 1. The second-order valence-electron chi connectivity index (χ2n) is 8.58. The predicted molar refractivity (Wildman–Crippen MR) is 132 cm³/mol. The van der Waals surface area contributed by atoms with Gasteiger partial charge in [-0.1, -0.05) is 42.1 Å². The Morgan fingerprint density at radius 3 is 2.62 bits per heavy atom. The summed E-state index contributed by atoms with van der Waals surface area (Å²) in [6.07, 6.45) is 7.34. The Balaban J connectivity index is 1.14. The highest BCUT2D eigenvalue weighted by atomic mass is 32.2. The van der Waals surface area contributed by atoms with Crippen molar-refractivity contribution in [3.8, 4) is 0 Å². The van der Waals surface area contributed by atoms with Crippen molar-refractivity contribution in [3.63, 3.8) is 0 Å². The third-order valence-electron chi connectivity index (χ3n) is 6.28. The first-order chi connectivity index (χ1) is 16.5. The number of thioether (sulfide) groups is 1. The Hall–Kier alpha value is -3.01. The van der Waals surface area contributed by atoms with Crippen molar-refractivity contribution in [2.24, 2.45) is 0 Å². The summed E-state index contributed by atoms with van der Waals surface area (Å²) in [5.74, 6) is 0.0499. The lowest BCUT2D eigenvalue weighted by molar-refractivity contribution is -0.117. The van der Waals surface area contributed by atoms with Crippen LogP contribution in [0.4, 0.5) is 10.3 Å². The second kappa shape index (κ2) is 10.1. The fourth-order valence-corrected chi connectivity index (χ4v) is 5.26. The zero-order valence-corrected chi connectivity index (χ0v) is 19.3. The van der Waals surface area contributed by atoms with Crippen molar-refractivity contribution in [1.82, 2.24) is 20.6 Å². The van der Waals surface area contributed by atoms with E-state index in [9.17, 15) is 14.3 Å². The average Bonchev–Trinajstić information content (AvgIpc) is 3.16. The van der Waals surface area contributed by atoms with Crippen molar-refractivity contribution in [1.29, 1.82) is 0 Å². The van der Waals surface area contributed by atoms with E-state index in [4.69, 9.17) is 0 Å². The van der Waals surface area contributed by atoms with Crippen LogP contribution in [0.5, 0.6) is 0 Å². The molecule has 1 amide bonds. The monoisotopic (exact) mass is 479 g/mol. The minimum absolute atomic E-state index is 0.184. The van der Waals surface area contributed by atoms with Gasteiger partial charge in [-0.3, -0.25) is 4.79 Å². The molecule has 2 aliphatic rings. The van der Waals surface area contributed by atoms with Crippen LogP contribution in [0, 0.1) is 5.82 Å². The molecule has 176 valence electrons. The highest BCUT2D eigenvalue weighted by Crippen LogP contribution is 2.28. The fourth-order valence-electron chi connectivity index (χ4n) is 4.50. The Morgan fingerprint density at radius 1 is 1.09 bits per heavy atom. The maximum Gasteiger partial charge on any atom is 0.260 e. The van der Waals surface area contributed by atoms with Crippen molar-refractivity contribution >= 4 is 40.5 Å². The Kier molecular flexibility index (Phi) is 6.75. The van der Waals surface area contributed by atoms with E-state index in [1.807, 2.05) is 30.3 Å². The number of carbonyl (C=O) groups is 1. The van der Waals surface area contributed by atoms with Crippen LogP contribution in [0.3, 0.4) is 0 Å². The average molecular weight is 480 g/mol. The standard InChI is InChI=1S/C25H26FN5O2S/c26-21-10-5-15(19-3-1-2-4-20(19)21)14-28-16-6-8-17(9-7-16)29-24-27-12-11-18(30-24)13-22-23(32)31-25(33)34-22/h1-5,10-13,16-17,25,28,33H,6-9,14H2,(H,31,32)(H,27,29,30)/b22-13-. The fraction of sp³-hybridized carbons (Fsp3) is 0.320. The molecule has 1 aliphatic carbocycles. The van der Waals surface area contributed by atoms with Gasteiger partial charge in [-0.15, -0.1) is 0 Å². The Morgan fingerprint density at radius 2 is 1.85 bits per heavy atom. The zero-order chi connectivity index (χ0) is 23.5. The summed E-state index contributed by atoms with van der Waals surface area (Å²) in [5.41, 5.74) is 0.813. The van der Waals surface area contributed by atoms with Gasteiger partial charge in [0.2, 0.25) is 5.95 Å². The van der Waals surface area contributed by atoms with Gasteiger partial charge >= 0.3 is 0 Å². The molecular formula is C25H26FN5O2S. The molecule has 9 heteroatoms. The molecule has 1 saturated carbocycles. The van der Waals surface area contributed by atoms with Crippen LogP contribution in [0.2, 0.25) is 0 Å². The van der Waals surface area contributed by atoms with E-state index in [-0.39, 0.29) is 17.8 Å². The van der Waals surface area contributed by atoms with Gasteiger partial charge in [-0.25, -0.2) is 14.4 Å². The van der Waals surface area contributed by atoms with E-state index in [1.54, 1.807) is 24.4 Å². The summed E-state index contributed by atoms with van der Waals surface area (Å²) < 4.78 is 14.1. The lowest BCUT2D eigenvalue weighted by Crippen LogP contribution is -2.37.